The van der Waals surface area contributed by atoms with Crippen molar-refractivity contribution in [1.29, 1.82) is 0 Å². The number of nitrogens with zero attached hydrogens (tertiary/aromatic N) is 1. The Balaban J connectivity index is 1.72. The molecule has 2 heterocycles. The first-order valence-corrected chi connectivity index (χ1v) is 8.07. The Hall–Kier alpha value is -1.39. The lowest BCUT2D eigenvalue weighted by molar-refractivity contribution is -0.0801. The molecular weight excluding hydrogens is 264 g/mol. The molecule has 1 fully saturated rings. The highest BCUT2D eigenvalue weighted by Crippen LogP contribution is 2.39. The summed E-state index contributed by atoms with van der Waals surface area (Å²) >= 11 is 0. The Morgan fingerprint density at radius 3 is 3.14 bits per heavy atom. The molecule has 0 aromatic heterocycles. The molecule has 0 bridgehead atoms. The molecule has 1 amide bonds. The van der Waals surface area contributed by atoms with E-state index in [4.69, 9.17) is 4.74 Å². The molecular formula is C17H22N2O2. The van der Waals surface area contributed by atoms with Crippen molar-refractivity contribution in [2.45, 2.75) is 44.9 Å². The number of amides is 1. The number of hydrogen-bond acceptors (Lipinski definition) is 3. The van der Waals surface area contributed by atoms with E-state index in [0.29, 0.717) is 12.6 Å². The second-order valence-electron chi connectivity index (χ2n) is 6.32. The number of morpholine rings is 1. The van der Waals surface area contributed by atoms with Gasteiger partial charge in [0, 0.05) is 24.7 Å². The van der Waals surface area contributed by atoms with Gasteiger partial charge in [-0.15, -0.1) is 0 Å². The van der Waals surface area contributed by atoms with Crippen LogP contribution in [0.4, 0.5) is 0 Å². The summed E-state index contributed by atoms with van der Waals surface area (Å²) in [5.74, 6) is 0.0659. The van der Waals surface area contributed by atoms with E-state index in [1.807, 2.05) is 0 Å². The third-order valence-corrected chi connectivity index (χ3v) is 5.07. The second kappa shape index (κ2) is 5.11. The number of ether oxygens (including phenoxy) is 1. The first-order chi connectivity index (χ1) is 10.3. The van der Waals surface area contributed by atoms with Gasteiger partial charge in [-0.3, -0.25) is 9.69 Å². The lowest BCUT2D eigenvalue weighted by atomic mass is 9.82. The SMILES string of the molecule is CCCN1CCO[C@H]2c3cc4c(cc3CC[C@@H]21)CNC4=O. The first kappa shape index (κ1) is 13.3. The Labute approximate surface area is 125 Å². The predicted octanol–water partition coefficient (Wildman–Crippen LogP) is 2.03. The van der Waals surface area contributed by atoms with Crippen LogP contribution in [0.5, 0.6) is 0 Å². The maximum Gasteiger partial charge on any atom is 0.251 e. The summed E-state index contributed by atoms with van der Waals surface area (Å²) in [6.45, 7) is 5.89. The van der Waals surface area contributed by atoms with Crippen LogP contribution >= 0.6 is 0 Å². The summed E-state index contributed by atoms with van der Waals surface area (Å²) in [6, 6.07) is 4.80. The van der Waals surface area contributed by atoms with Gasteiger partial charge in [0.25, 0.3) is 5.91 Å². The van der Waals surface area contributed by atoms with E-state index in [1.165, 1.54) is 17.5 Å². The number of nitrogens with one attached hydrogen (secondary N) is 1. The van der Waals surface area contributed by atoms with Crippen LogP contribution in [0, 0.1) is 0 Å². The molecule has 4 rings (SSSR count). The Morgan fingerprint density at radius 1 is 1.38 bits per heavy atom. The Kier molecular flexibility index (Phi) is 3.23. The fourth-order valence-corrected chi connectivity index (χ4v) is 4.09. The molecule has 1 saturated heterocycles. The van der Waals surface area contributed by atoms with Gasteiger partial charge in [0.2, 0.25) is 0 Å². The van der Waals surface area contributed by atoms with Crippen molar-refractivity contribution in [3.05, 3.63) is 34.4 Å². The number of rotatable bonds is 2. The number of carbonyl (C=O) groups is 1. The molecule has 0 unspecified atom stereocenters. The lowest BCUT2D eigenvalue weighted by Gasteiger charge is -2.44. The quantitative estimate of drug-likeness (QED) is 0.904. The maximum absolute atomic E-state index is 11.9. The van der Waals surface area contributed by atoms with Crippen molar-refractivity contribution in [1.82, 2.24) is 10.2 Å². The number of benzene rings is 1. The number of hydrogen-bond donors (Lipinski definition) is 1. The van der Waals surface area contributed by atoms with Gasteiger partial charge in [0.1, 0.15) is 0 Å². The molecule has 0 radical (unpaired) electrons. The molecule has 2 atom stereocenters. The first-order valence-electron chi connectivity index (χ1n) is 8.07. The highest BCUT2D eigenvalue weighted by atomic mass is 16.5. The molecule has 4 nitrogen and oxygen atoms in total. The van der Waals surface area contributed by atoms with Crippen LogP contribution in [-0.2, 0) is 17.7 Å². The van der Waals surface area contributed by atoms with Crippen molar-refractivity contribution >= 4 is 5.91 Å². The van der Waals surface area contributed by atoms with Crippen LogP contribution in [-0.4, -0.2) is 36.5 Å². The van der Waals surface area contributed by atoms with Crippen molar-refractivity contribution in [2.75, 3.05) is 19.7 Å². The summed E-state index contributed by atoms with van der Waals surface area (Å²) in [4.78, 5) is 14.5. The molecule has 21 heavy (non-hydrogen) atoms. The molecule has 1 aromatic rings. The van der Waals surface area contributed by atoms with E-state index in [1.54, 1.807) is 0 Å². The number of aryl methyl sites for hydroxylation is 1. The van der Waals surface area contributed by atoms with E-state index in [-0.39, 0.29) is 12.0 Å². The normalized spacial score (nSPS) is 27.8. The minimum Gasteiger partial charge on any atom is -0.371 e. The van der Waals surface area contributed by atoms with E-state index >= 15 is 0 Å². The Bertz CT molecular complexity index is 582. The molecule has 0 spiro atoms. The molecule has 2 aliphatic heterocycles. The van der Waals surface area contributed by atoms with E-state index in [9.17, 15) is 4.79 Å². The van der Waals surface area contributed by atoms with Crippen molar-refractivity contribution < 1.29 is 9.53 Å². The minimum absolute atomic E-state index is 0.0659. The highest BCUT2D eigenvalue weighted by Gasteiger charge is 2.38. The molecule has 4 heteroatoms. The summed E-state index contributed by atoms with van der Waals surface area (Å²) in [5, 5.41) is 2.92. The molecule has 1 aromatic carbocycles. The van der Waals surface area contributed by atoms with E-state index in [2.05, 4.69) is 29.3 Å². The fourth-order valence-electron chi connectivity index (χ4n) is 4.09. The lowest BCUT2D eigenvalue weighted by Crippen LogP contribution is -2.49. The van der Waals surface area contributed by atoms with Gasteiger partial charge in [-0.1, -0.05) is 13.0 Å². The zero-order valence-corrected chi connectivity index (χ0v) is 12.5. The summed E-state index contributed by atoms with van der Waals surface area (Å²) in [6.07, 6.45) is 3.59. The third kappa shape index (κ3) is 2.09. The number of carbonyl (C=O) groups excluding carboxylic acids is 1. The smallest absolute Gasteiger partial charge is 0.251 e. The zero-order valence-electron chi connectivity index (χ0n) is 12.5. The number of fused-ring (bicyclic) bond motifs is 4. The molecule has 112 valence electrons. The predicted molar refractivity (Wildman–Crippen MR) is 80.3 cm³/mol. The van der Waals surface area contributed by atoms with Gasteiger partial charge >= 0.3 is 0 Å². The monoisotopic (exact) mass is 286 g/mol. The summed E-state index contributed by atoms with van der Waals surface area (Å²) in [5.41, 5.74) is 4.64. The largest absolute Gasteiger partial charge is 0.371 e. The highest BCUT2D eigenvalue weighted by molar-refractivity contribution is 5.98. The summed E-state index contributed by atoms with van der Waals surface area (Å²) < 4.78 is 6.11. The van der Waals surface area contributed by atoms with Crippen molar-refractivity contribution in [3.8, 4) is 0 Å². The second-order valence-corrected chi connectivity index (χ2v) is 6.32. The molecule has 1 aliphatic carbocycles. The van der Waals surface area contributed by atoms with Gasteiger partial charge in [0.15, 0.2) is 0 Å². The van der Waals surface area contributed by atoms with Gasteiger partial charge < -0.3 is 10.1 Å². The van der Waals surface area contributed by atoms with Crippen molar-refractivity contribution in [3.63, 3.8) is 0 Å². The van der Waals surface area contributed by atoms with Gasteiger partial charge in [-0.25, -0.2) is 0 Å². The van der Waals surface area contributed by atoms with Crippen LogP contribution in [0.1, 0.15) is 52.9 Å². The minimum atomic E-state index is 0.0659. The van der Waals surface area contributed by atoms with Gasteiger partial charge in [-0.2, -0.15) is 0 Å². The molecule has 0 saturated carbocycles. The molecule has 3 aliphatic rings. The van der Waals surface area contributed by atoms with Crippen molar-refractivity contribution in [2.24, 2.45) is 0 Å². The van der Waals surface area contributed by atoms with Crippen LogP contribution in [0.3, 0.4) is 0 Å². The standard InChI is InChI=1S/C17H22N2O2/c1-2-5-19-6-7-21-16-13-9-14-12(10-18-17(14)20)8-11(13)3-4-15(16)19/h8-9,15-16H,2-7,10H2,1H3,(H,18,20)/t15-,16-/m0/s1. The van der Waals surface area contributed by atoms with E-state index < -0.39 is 0 Å². The third-order valence-electron chi connectivity index (χ3n) is 5.07. The van der Waals surface area contributed by atoms with Crippen LogP contribution in [0.25, 0.3) is 0 Å². The van der Waals surface area contributed by atoms with Gasteiger partial charge in [0.05, 0.1) is 12.7 Å². The fraction of sp³-hybridized carbons (Fsp3) is 0.588. The van der Waals surface area contributed by atoms with Crippen LogP contribution in [0.15, 0.2) is 12.1 Å². The topological polar surface area (TPSA) is 41.6 Å². The zero-order chi connectivity index (χ0) is 14.4. The maximum atomic E-state index is 11.9. The molecule has 1 N–H and O–H groups in total. The van der Waals surface area contributed by atoms with E-state index in [0.717, 1.165) is 43.7 Å². The van der Waals surface area contributed by atoms with Crippen LogP contribution in [0.2, 0.25) is 0 Å². The summed E-state index contributed by atoms with van der Waals surface area (Å²) in [7, 11) is 0. The van der Waals surface area contributed by atoms with Crippen LogP contribution < -0.4 is 5.32 Å². The van der Waals surface area contributed by atoms with Gasteiger partial charge in [-0.05, 0) is 48.6 Å². The Morgan fingerprint density at radius 2 is 2.29 bits per heavy atom. The average molecular weight is 286 g/mol. The average Bonchev–Trinajstić information content (AvgIpc) is 2.86.